The van der Waals surface area contributed by atoms with Crippen molar-refractivity contribution in [2.45, 2.75) is 117 Å². The minimum atomic E-state index is -2.17. The second-order valence-electron chi connectivity index (χ2n) is 8.54. The number of rotatable bonds is 27. The summed E-state index contributed by atoms with van der Waals surface area (Å²) in [6.45, 7) is 10.1. The Bertz CT molecular complexity index is 387. The van der Waals surface area contributed by atoms with Gasteiger partial charge in [0, 0.05) is 11.1 Å². The Morgan fingerprint density at radius 1 is 0.656 bits per heavy atom. The van der Waals surface area contributed by atoms with Crippen molar-refractivity contribution in [2.24, 2.45) is 0 Å². The number of nitrogens with zero attached hydrogens (tertiary/aromatic N) is 1. The Balaban J connectivity index is 3.16. The molecular formula is C25H53NO4PS+. The number of likely N-dealkylation sites (N-methyl/N-ethyl adjacent to an activating group) is 1. The van der Waals surface area contributed by atoms with E-state index in [1.165, 1.54) is 95.6 Å². The van der Waals surface area contributed by atoms with Crippen LogP contribution in [0.4, 0.5) is 0 Å². The molecule has 32 heavy (non-hydrogen) atoms. The molecule has 192 valence electrons. The summed E-state index contributed by atoms with van der Waals surface area (Å²) in [5.41, 5.74) is 0. The lowest BCUT2D eigenvalue weighted by molar-refractivity contribution is -0.211. The average molecular weight is 495 g/mol. The fraction of sp³-hybridized carbons (Fsp3) is 1.00. The van der Waals surface area contributed by atoms with Gasteiger partial charge in [0.2, 0.25) is 0 Å². The van der Waals surface area contributed by atoms with Crippen LogP contribution in [0, 0.1) is 0 Å². The van der Waals surface area contributed by atoms with Crippen LogP contribution in [0.15, 0.2) is 0 Å². The molecule has 0 N–H and O–H groups in total. The van der Waals surface area contributed by atoms with Crippen molar-refractivity contribution in [2.75, 3.05) is 44.4 Å². The molecule has 0 heterocycles. The van der Waals surface area contributed by atoms with Crippen LogP contribution in [-0.4, -0.2) is 49.3 Å². The molecule has 0 aliphatic carbocycles. The van der Waals surface area contributed by atoms with E-state index in [1.807, 2.05) is 11.8 Å². The van der Waals surface area contributed by atoms with Gasteiger partial charge in [-0.3, -0.25) is 0 Å². The topological polar surface area (TPSA) is 48.0 Å². The summed E-state index contributed by atoms with van der Waals surface area (Å²) < 4.78 is 21.5. The Morgan fingerprint density at radius 3 is 1.69 bits per heavy atom. The van der Waals surface area contributed by atoms with E-state index in [0.717, 1.165) is 31.8 Å². The maximum absolute atomic E-state index is 11.6. The third-order valence-corrected chi connectivity index (χ3v) is 7.55. The molecule has 1 unspecified atom stereocenters. The first-order valence-electron chi connectivity index (χ1n) is 13.4. The molecule has 0 aliphatic heterocycles. The Morgan fingerprint density at radius 2 is 1.16 bits per heavy atom. The number of hydrogen-bond donors (Lipinski definition) is 0. The third kappa shape index (κ3) is 24.9. The van der Waals surface area contributed by atoms with Crippen molar-refractivity contribution in [1.82, 2.24) is 4.90 Å². The molecule has 7 heteroatoms. The zero-order valence-corrected chi connectivity index (χ0v) is 23.2. The van der Waals surface area contributed by atoms with Crippen LogP contribution in [0.25, 0.3) is 0 Å². The molecule has 0 saturated carbocycles. The zero-order valence-electron chi connectivity index (χ0n) is 21.5. The van der Waals surface area contributed by atoms with Crippen LogP contribution in [0.3, 0.4) is 0 Å². The summed E-state index contributed by atoms with van der Waals surface area (Å²) in [6, 6.07) is 0. The van der Waals surface area contributed by atoms with Crippen molar-refractivity contribution < 1.29 is 18.7 Å². The van der Waals surface area contributed by atoms with Gasteiger partial charge in [-0.2, -0.15) is 16.6 Å². The maximum Gasteiger partial charge on any atom is 0.728 e. The molecule has 0 aromatic rings. The van der Waals surface area contributed by atoms with E-state index < -0.39 is 8.25 Å². The molecule has 0 radical (unpaired) electrons. The van der Waals surface area contributed by atoms with Crippen LogP contribution in [0.2, 0.25) is 0 Å². The maximum atomic E-state index is 11.6. The standard InChI is InChI=1S/C25H53NO4PS/c1-4-7-8-9-10-11-12-13-14-15-16-17-18-19-24-32-25-20-22-29-31(27)30-28-23-21-26(5-2)6-3/h4-25H2,1-3H3/q+1. The summed E-state index contributed by atoms with van der Waals surface area (Å²) in [5, 5.41) is 0. The molecule has 0 rings (SSSR count). The highest BCUT2D eigenvalue weighted by Gasteiger charge is 2.21. The monoisotopic (exact) mass is 494 g/mol. The van der Waals surface area contributed by atoms with E-state index in [0.29, 0.717) is 13.2 Å². The fourth-order valence-corrected chi connectivity index (χ4v) is 5.02. The number of hydrogen-bond acceptors (Lipinski definition) is 6. The summed E-state index contributed by atoms with van der Waals surface area (Å²) in [4.78, 5) is 7.18. The van der Waals surface area contributed by atoms with Gasteiger partial charge in [-0.05, 0) is 37.4 Å². The van der Waals surface area contributed by atoms with Crippen LogP contribution in [-0.2, 0) is 18.7 Å². The second kappa shape index (κ2) is 27.5. The van der Waals surface area contributed by atoms with E-state index in [-0.39, 0.29) is 0 Å². The van der Waals surface area contributed by atoms with Crippen molar-refractivity contribution in [3.05, 3.63) is 0 Å². The molecule has 0 aromatic carbocycles. The molecule has 5 nitrogen and oxygen atoms in total. The summed E-state index contributed by atoms with van der Waals surface area (Å²) in [7, 11) is -2.17. The molecule has 0 aromatic heterocycles. The SMILES string of the molecule is CCCCCCCCCCCCCCCCSCCCO[P+](=O)OOCCN(CC)CC. The quantitative estimate of drug-likeness (QED) is 0.0493. The van der Waals surface area contributed by atoms with Gasteiger partial charge in [-0.1, -0.05) is 104 Å². The van der Waals surface area contributed by atoms with Gasteiger partial charge in [0.25, 0.3) is 0 Å². The van der Waals surface area contributed by atoms with Crippen LogP contribution < -0.4 is 0 Å². The molecule has 0 bridgehead atoms. The summed E-state index contributed by atoms with van der Waals surface area (Å²) in [5.74, 6) is 2.26. The highest BCUT2D eigenvalue weighted by atomic mass is 32.2. The predicted octanol–water partition coefficient (Wildman–Crippen LogP) is 8.56. The lowest BCUT2D eigenvalue weighted by Crippen LogP contribution is -2.26. The van der Waals surface area contributed by atoms with Crippen molar-refractivity contribution in [1.29, 1.82) is 0 Å². The van der Waals surface area contributed by atoms with Gasteiger partial charge in [0.15, 0.2) is 0 Å². The largest absolute Gasteiger partial charge is 0.728 e. The first kappa shape index (κ1) is 32.3. The van der Waals surface area contributed by atoms with Gasteiger partial charge < -0.3 is 4.90 Å². The molecule has 0 aliphatic rings. The lowest BCUT2D eigenvalue weighted by atomic mass is 10.0. The zero-order chi connectivity index (χ0) is 23.5. The third-order valence-electron chi connectivity index (χ3n) is 5.77. The molecule has 0 saturated heterocycles. The highest BCUT2D eigenvalue weighted by Crippen LogP contribution is 2.24. The average Bonchev–Trinajstić information content (AvgIpc) is 2.80. The van der Waals surface area contributed by atoms with Crippen molar-refractivity contribution in [3.63, 3.8) is 0 Å². The van der Waals surface area contributed by atoms with E-state index in [4.69, 9.17) is 14.1 Å². The van der Waals surface area contributed by atoms with Crippen molar-refractivity contribution in [3.8, 4) is 0 Å². The Hall–Kier alpha value is 0.290. The number of unbranched alkanes of at least 4 members (excludes halogenated alkanes) is 13. The van der Waals surface area contributed by atoms with Gasteiger partial charge in [-0.25, -0.2) is 0 Å². The Kier molecular flexibility index (Phi) is 27.8. The summed E-state index contributed by atoms with van der Waals surface area (Å²) >= 11 is 1.97. The van der Waals surface area contributed by atoms with Crippen LogP contribution >= 0.6 is 20.0 Å². The second-order valence-corrected chi connectivity index (χ2v) is 10.6. The van der Waals surface area contributed by atoms with Crippen LogP contribution in [0.1, 0.15) is 117 Å². The van der Waals surface area contributed by atoms with Gasteiger partial charge >= 0.3 is 8.25 Å². The lowest BCUT2D eigenvalue weighted by Gasteiger charge is -2.15. The highest BCUT2D eigenvalue weighted by molar-refractivity contribution is 7.99. The molecule has 0 amide bonds. The van der Waals surface area contributed by atoms with Gasteiger partial charge in [-0.15, -0.1) is 4.52 Å². The molecule has 0 spiro atoms. The van der Waals surface area contributed by atoms with E-state index >= 15 is 0 Å². The molecule has 1 atom stereocenters. The normalized spacial score (nSPS) is 12.1. The van der Waals surface area contributed by atoms with E-state index in [2.05, 4.69) is 25.7 Å². The van der Waals surface area contributed by atoms with Crippen LogP contribution in [0.5, 0.6) is 0 Å². The molecular weight excluding hydrogens is 441 g/mol. The fourth-order valence-electron chi connectivity index (χ4n) is 3.61. The van der Waals surface area contributed by atoms with E-state index in [9.17, 15) is 4.57 Å². The smallest absolute Gasteiger partial charge is 0.301 e. The summed E-state index contributed by atoms with van der Waals surface area (Å²) in [6.07, 6.45) is 20.6. The predicted molar refractivity (Wildman–Crippen MR) is 141 cm³/mol. The van der Waals surface area contributed by atoms with Gasteiger partial charge in [0.05, 0.1) is 11.3 Å². The Labute approximate surface area is 205 Å². The van der Waals surface area contributed by atoms with Crippen molar-refractivity contribution >= 4 is 20.0 Å². The first-order valence-corrected chi connectivity index (χ1v) is 15.7. The van der Waals surface area contributed by atoms with E-state index in [1.54, 1.807) is 0 Å². The van der Waals surface area contributed by atoms with Gasteiger partial charge in [0.1, 0.15) is 6.61 Å². The number of thioether (sulfide) groups is 1. The minimum Gasteiger partial charge on any atom is -0.301 e. The molecule has 0 fully saturated rings. The minimum absolute atomic E-state index is 0.404. The first-order chi connectivity index (χ1) is 15.7.